The van der Waals surface area contributed by atoms with Crippen LogP contribution in [0.2, 0.25) is 0 Å². The Kier molecular flexibility index (Phi) is 6.17. The van der Waals surface area contributed by atoms with Crippen molar-refractivity contribution in [2.45, 2.75) is 31.6 Å². The Labute approximate surface area is 205 Å². The maximum atomic E-state index is 13.5. The lowest BCUT2D eigenvalue weighted by Gasteiger charge is -2.31. The van der Waals surface area contributed by atoms with Crippen molar-refractivity contribution < 1.29 is 13.2 Å². The van der Waals surface area contributed by atoms with Gasteiger partial charge in [0.2, 0.25) is 15.9 Å². The summed E-state index contributed by atoms with van der Waals surface area (Å²) in [5.41, 5.74) is 5.17. The highest BCUT2D eigenvalue weighted by Gasteiger charge is 2.33. The third-order valence-electron chi connectivity index (χ3n) is 6.38. The van der Waals surface area contributed by atoms with E-state index in [0.29, 0.717) is 36.2 Å². The van der Waals surface area contributed by atoms with Gasteiger partial charge in [-0.2, -0.15) is 4.31 Å². The van der Waals surface area contributed by atoms with E-state index in [4.69, 9.17) is 0 Å². The summed E-state index contributed by atoms with van der Waals surface area (Å²) in [4.78, 5) is 21.0. The number of fused-ring (bicyclic) bond motifs is 1. The standard InChI is InChI=1S/C27H28N4O3S/c1-18-13-19(2)15-22(14-18)28-27(32)21-9-6-12-31(17-21)35(33,34)23-10-11-24-25(16-23)30-26(29-24)20-7-4-3-5-8-20/h3-5,7-8,10-11,13-16,21H,6,9,12,17H2,1-2H3,(H,28,32)(H,29,30)/t21-/m0/s1. The lowest BCUT2D eigenvalue weighted by atomic mass is 9.98. The molecular formula is C27H28N4O3S. The lowest BCUT2D eigenvalue weighted by Crippen LogP contribution is -2.43. The highest BCUT2D eigenvalue weighted by molar-refractivity contribution is 7.89. The Morgan fingerprint density at radius 3 is 2.51 bits per heavy atom. The molecule has 0 unspecified atom stereocenters. The first-order chi connectivity index (χ1) is 16.8. The molecule has 35 heavy (non-hydrogen) atoms. The van der Waals surface area contributed by atoms with Gasteiger partial charge in [0, 0.05) is 24.3 Å². The minimum Gasteiger partial charge on any atom is -0.338 e. The summed E-state index contributed by atoms with van der Waals surface area (Å²) in [6.07, 6.45) is 1.29. The van der Waals surface area contributed by atoms with Crippen LogP contribution in [0.15, 0.2) is 71.6 Å². The molecule has 180 valence electrons. The Bertz CT molecular complexity index is 1480. The van der Waals surface area contributed by atoms with E-state index in [1.165, 1.54) is 4.31 Å². The molecule has 0 bridgehead atoms. The SMILES string of the molecule is Cc1cc(C)cc(NC(=O)[C@H]2CCCN(S(=O)(=O)c3ccc4nc(-c5ccccc5)[nH]c4c3)C2)c1. The van der Waals surface area contributed by atoms with Crippen LogP contribution in [0, 0.1) is 19.8 Å². The van der Waals surface area contributed by atoms with E-state index >= 15 is 0 Å². The van der Waals surface area contributed by atoms with Crippen molar-refractivity contribution in [1.29, 1.82) is 0 Å². The number of amides is 1. The number of nitrogens with one attached hydrogen (secondary N) is 2. The Morgan fingerprint density at radius 2 is 1.77 bits per heavy atom. The third-order valence-corrected chi connectivity index (χ3v) is 8.24. The van der Waals surface area contributed by atoms with Crippen LogP contribution in [0.1, 0.15) is 24.0 Å². The van der Waals surface area contributed by atoms with Gasteiger partial charge in [-0.25, -0.2) is 13.4 Å². The minimum atomic E-state index is -3.76. The van der Waals surface area contributed by atoms with Crippen LogP contribution in [-0.4, -0.2) is 41.7 Å². The van der Waals surface area contributed by atoms with Gasteiger partial charge in [-0.1, -0.05) is 36.4 Å². The van der Waals surface area contributed by atoms with Gasteiger partial charge in [0.15, 0.2) is 0 Å². The van der Waals surface area contributed by atoms with E-state index in [9.17, 15) is 13.2 Å². The fourth-order valence-corrected chi connectivity index (χ4v) is 6.25. The normalized spacial score (nSPS) is 16.9. The number of aromatic nitrogens is 2. The molecule has 0 radical (unpaired) electrons. The maximum absolute atomic E-state index is 13.5. The fourth-order valence-electron chi connectivity index (χ4n) is 4.70. The van der Waals surface area contributed by atoms with E-state index in [1.807, 2.05) is 62.4 Å². The molecular weight excluding hydrogens is 460 g/mol. The zero-order chi connectivity index (χ0) is 24.6. The molecule has 1 aromatic heterocycles. The Hall–Kier alpha value is -3.49. The van der Waals surface area contributed by atoms with Crippen LogP contribution in [0.25, 0.3) is 22.4 Å². The number of rotatable bonds is 5. The van der Waals surface area contributed by atoms with Crippen LogP contribution >= 0.6 is 0 Å². The zero-order valence-electron chi connectivity index (χ0n) is 19.8. The van der Waals surface area contributed by atoms with Crippen molar-refractivity contribution in [3.05, 3.63) is 77.9 Å². The van der Waals surface area contributed by atoms with Gasteiger partial charge in [0.05, 0.1) is 21.8 Å². The topological polar surface area (TPSA) is 95.2 Å². The molecule has 0 spiro atoms. The van der Waals surface area contributed by atoms with Crippen molar-refractivity contribution in [1.82, 2.24) is 14.3 Å². The highest BCUT2D eigenvalue weighted by atomic mass is 32.2. The van der Waals surface area contributed by atoms with E-state index < -0.39 is 15.9 Å². The summed E-state index contributed by atoms with van der Waals surface area (Å²) in [6, 6.07) is 20.5. The van der Waals surface area contributed by atoms with E-state index in [1.54, 1.807) is 18.2 Å². The van der Waals surface area contributed by atoms with E-state index in [2.05, 4.69) is 15.3 Å². The number of nitrogens with zero attached hydrogens (tertiary/aromatic N) is 2. The van der Waals surface area contributed by atoms with Crippen LogP contribution in [0.3, 0.4) is 0 Å². The number of anilines is 1. The molecule has 2 N–H and O–H groups in total. The molecule has 7 nitrogen and oxygen atoms in total. The highest BCUT2D eigenvalue weighted by Crippen LogP contribution is 2.28. The third kappa shape index (κ3) is 4.85. The summed E-state index contributed by atoms with van der Waals surface area (Å²) >= 11 is 0. The lowest BCUT2D eigenvalue weighted by molar-refractivity contribution is -0.120. The number of hydrogen-bond donors (Lipinski definition) is 2. The Morgan fingerprint density at radius 1 is 1.03 bits per heavy atom. The predicted molar refractivity (Wildman–Crippen MR) is 138 cm³/mol. The molecule has 1 amide bonds. The largest absolute Gasteiger partial charge is 0.338 e. The van der Waals surface area contributed by atoms with Gasteiger partial charge in [-0.3, -0.25) is 4.79 Å². The van der Waals surface area contributed by atoms with Gasteiger partial charge in [0.25, 0.3) is 0 Å². The molecule has 0 aliphatic carbocycles. The number of benzene rings is 3. The smallest absolute Gasteiger partial charge is 0.243 e. The first-order valence-electron chi connectivity index (χ1n) is 11.7. The summed E-state index contributed by atoms with van der Waals surface area (Å²) in [5.74, 6) is 0.141. The zero-order valence-corrected chi connectivity index (χ0v) is 20.6. The second kappa shape index (κ2) is 9.28. The van der Waals surface area contributed by atoms with Gasteiger partial charge < -0.3 is 10.3 Å². The molecule has 1 atom stereocenters. The molecule has 1 aliphatic heterocycles. The van der Waals surface area contributed by atoms with Gasteiger partial charge in [-0.05, 0) is 68.1 Å². The molecule has 3 aromatic carbocycles. The molecule has 1 aliphatic rings. The van der Waals surface area contributed by atoms with E-state index in [0.717, 1.165) is 22.4 Å². The number of aromatic amines is 1. The van der Waals surface area contributed by atoms with Crippen LogP contribution in [0.5, 0.6) is 0 Å². The van der Waals surface area contributed by atoms with Crippen LogP contribution in [-0.2, 0) is 14.8 Å². The van der Waals surface area contributed by atoms with Gasteiger partial charge in [0.1, 0.15) is 5.82 Å². The molecule has 1 fully saturated rings. The molecule has 1 saturated heterocycles. The van der Waals surface area contributed by atoms with Gasteiger partial charge >= 0.3 is 0 Å². The molecule has 5 rings (SSSR count). The predicted octanol–water partition coefficient (Wildman–Crippen LogP) is 4.89. The molecule has 8 heteroatoms. The Balaban J connectivity index is 1.35. The van der Waals surface area contributed by atoms with E-state index in [-0.39, 0.29) is 17.3 Å². The number of sulfonamides is 1. The maximum Gasteiger partial charge on any atom is 0.243 e. The van der Waals surface area contributed by atoms with Crippen molar-refractivity contribution in [3.63, 3.8) is 0 Å². The monoisotopic (exact) mass is 488 g/mol. The second-order valence-electron chi connectivity index (χ2n) is 9.20. The average molecular weight is 489 g/mol. The number of hydrogen-bond acceptors (Lipinski definition) is 4. The van der Waals surface area contributed by atoms with Crippen molar-refractivity contribution in [2.24, 2.45) is 5.92 Å². The number of H-pyrrole nitrogens is 1. The second-order valence-corrected chi connectivity index (χ2v) is 11.1. The fraction of sp³-hybridized carbons (Fsp3) is 0.259. The summed E-state index contributed by atoms with van der Waals surface area (Å²) in [5, 5.41) is 2.97. The number of carbonyl (C=O) groups is 1. The molecule has 0 saturated carbocycles. The quantitative estimate of drug-likeness (QED) is 0.418. The number of piperidine rings is 1. The molecule has 4 aromatic rings. The van der Waals surface area contributed by atoms with Crippen molar-refractivity contribution >= 4 is 32.7 Å². The number of carbonyl (C=O) groups excluding carboxylic acids is 1. The summed E-state index contributed by atoms with van der Waals surface area (Å²) in [6.45, 7) is 4.52. The summed E-state index contributed by atoms with van der Waals surface area (Å²) < 4.78 is 28.4. The minimum absolute atomic E-state index is 0.147. The summed E-state index contributed by atoms with van der Waals surface area (Å²) in [7, 11) is -3.76. The van der Waals surface area contributed by atoms with Crippen LogP contribution in [0.4, 0.5) is 5.69 Å². The first-order valence-corrected chi connectivity index (χ1v) is 13.2. The average Bonchev–Trinajstić information content (AvgIpc) is 3.28. The van der Waals surface area contributed by atoms with Crippen molar-refractivity contribution in [2.75, 3.05) is 18.4 Å². The van der Waals surface area contributed by atoms with Gasteiger partial charge in [-0.15, -0.1) is 0 Å². The number of aryl methyl sites for hydroxylation is 2. The van der Waals surface area contributed by atoms with Crippen LogP contribution < -0.4 is 5.32 Å². The molecule has 2 heterocycles. The van der Waals surface area contributed by atoms with Crippen molar-refractivity contribution in [3.8, 4) is 11.4 Å². The number of imidazole rings is 1. The first kappa shape index (κ1) is 23.3.